The molecule has 7 heteroatoms. The molecule has 0 aromatic heterocycles. The van der Waals surface area contributed by atoms with Gasteiger partial charge in [0.15, 0.2) is 0 Å². The average Bonchev–Trinajstić information content (AvgIpc) is 2.64. The minimum atomic E-state index is -3.38. The molecule has 1 amide bonds. The zero-order valence-corrected chi connectivity index (χ0v) is 18.1. The highest BCUT2D eigenvalue weighted by Gasteiger charge is 2.27. The highest BCUT2D eigenvalue weighted by atomic mass is 32.2. The number of carbonyl (C=O) groups is 1. The summed E-state index contributed by atoms with van der Waals surface area (Å²) in [7, 11) is -3.38. The SMILES string of the molecule is Cc1ccc(C(=O)N2CCCC(CN3CCC(C)CC3)C2)cc1NS(C)(=O)=O. The second-order valence-electron chi connectivity index (χ2n) is 8.65. The van der Waals surface area contributed by atoms with Gasteiger partial charge in [-0.25, -0.2) is 8.42 Å². The number of rotatable bonds is 5. The Kier molecular flexibility index (Phi) is 6.65. The summed E-state index contributed by atoms with van der Waals surface area (Å²) in [5.74, 6) is 1.34. The van der Waals surface area contributed by atoms with Gasteiger partial charge in [0.25, 0.3) is 5.91 Å². The largest absolute Gasteiger partial charge is 0.338 e. The van der Waals surface area contributed by atoms with Crippen molar-refractivity contribution in [1.29, 1.82) is 0 Å². The van der Waals surface area contributed by atoms with Crippen LogP contribution in [0.15, 0.2) is 18.2 Å². The van der Waals surface area contributed by atoms with Gasteiger partial charge >= 0.3 is 0 Å². The molecule has 156 valence electrons. The van der Waals surface area contributed by atoms with Crippen LogP contribution in [-0.4, -0.2) is 63.1 Å². The molecule has 2 aliphatic heterocycles. The number of hydrogen-bond donors (Lipinski definition) is 1. The lowest BCUT2D eigenvalue weighted by molar-refractivity contribution is 0.0622. The maximum Gasteiger partial charge on any atom is 0.253 e. The quantitative estimate of drug-likeness (QED) is 0.815. The second-order valence-corrected chi connectivity index (χ2v) is 10.4. The Balaban J connectivity index is 1.64. The number of piperidine rings is 2. The number of carbonyl (C=O) groups excluding carboxylic acids is 1. The fourth-order valence-electron chi connectivity index (χ4n) is 4.26. The molecule has 1 unspecified atom stereocenters. The lowest BCUT2D eigenvalue weighted by Gasteiger charge is -2.38. The van der Waals surface area contributed by atoms with Gasteiger partial charge in [-0.3, -0.25) is 9.52 Å². The number of hydrogen-bond acceptors (Lipinski definition) is 4. The Hall–Kier alpha value is -1.60. The molecule has 0 saturated carbocycles. The fourth-order valence-corrected chi connectivity index (χ4v) is 4.88. The molecular weight excluding hydrogens is 374 g/mol. The van der Waals surface area contributed by atoms with Crippen LogP contribution in [0.4, 0.5) is 5.69 Å². The van der Waals surface area contributed by atoms with Gasteiger partial charge in [-0.2, -0.15) is 0 Å². The first-order chi connectivity index (χ1) is 13.2. The summed E-state index contributed by atoms with van der Waals surface area (Å²) in [6.07, 6.45) is 5.87. The van der Waals surface area contributed by atoms with Crippen molar-refractivity contribution in [3.8, 4) is 0 Å². The van der Waals surface area contributed by atoms with E-state index in [1.807, 2.05) is 11.8 Å². The monoisotopic (exact) mass is 407 g/mol. The molecule has 28 heavy (non-hydrogen) atoms. The van der Waals surface area contributed by atoms with Crippen LogP contribution in [0.25, 0.3) is 0 Å². The predicted octanol–water partition coefficient (Wildman–Crippen LogP) is 2.95. The van der Waals surface area contributed by atoms with E-state index >= 15 is 0 Å². The van der Waals surface area contributed by atoms with Gasteiger partial charge in [-0.05, 0) is 75.2 Å². The fraction of sp³-hybridized carbons (Fsp3) is 0.667. The Morgan fingerprint density at radius 2 is 1.89 bits per heavy atom. The van der Waals surface area contributed by atoms with Gasteiger partial charge in [0.1, 0.15) is 0 Å². The van der Waals surface area contributed by atoms with Crippen molar-refractivity contribution >= 4 is 21.6 Å². The van der Waals surface area contributed by atoms with Crippen molar-refractivity contribution < 1.29 is 13.2 Å². The van der Waals surface area contributed by atoms with Crippen LogP contribution in [0.1, 0.15) is 48.5 Å². The summed E-state index contributed by atoms with van der Waals surface area (Å²) in [6, 6.07) is 5.26. The van der Waals surface area contributed by atoms with Gasteiger partial charge in [-0.15, -0.1) is 0 Å². The highest BCUT2D eigenvalue weighted by molar-refractivity contribution is 7.92. The number of amides is 1. The first-order valence-electron chi connectivity index (χ1n) is 10.3. The Bertz CT molecular complexity index is 801. The topological polar surface area (TPSA) is 69.7 Å². The van der Waals surface area contributed by atoms with Gasteiger partial charge in [-0.1, -0.05) is 13.0 Å². The van der Waals surface area contributed by atoms with Gasteiger partial charge in [0.05, 0.1) is 11.9 Å². The number of benzene rings is 1. The van der Waals surface area contributed by atoms with Crippen molar-refractivity contribution in [2.45, 2.75) is 39.5 Å². The molecule has 2 saturated heterocycles. The van der Waals surface area contributed by atoms with Crippen molar-refractivity contribution in [2.24, 2.45) is 11.8 Å². The number of likely N-dealkylation sites (tertiary alicyclic amines) is 2. The van der Waals surface area contributed by atoms with Crippen LogP contribution in [0.2, 0.25) is 0 Å². The van der Waals surface area contributed by atoms with E-state index in [1.165, 1.54) is 32.4 Å². The van der Waals surface area contributed by atoms with E-state index in [1.54, 1.807) is 18.2 Å². The lowest BCUT2D eigenvalue weighted by Crippen LogP contribution is -2.45. The summed E-state index contributed by atoms with van der Waals surface area (Å²) < 4.78 is 25.7. The molecule has 1 N–H and O–H groups in total. The number of nitrogens with zero attached hydrogens (tertiary/aromatic N) is 2. The molecule has 1 aromatic rings. The van der Waals surface area contributed by atoms with Crippen LogP contribution in [0.5, 0.6) is 0 Å². The number of sulfonamides is 1. The standard InChI is InChI=1S/C21H33N3O3S/c1-16-8-11-23(12-9-16)14-18-5-4-10-24(15-18)21(25)19-7-6-17(2)20(13-19)22-28(3,26)27/h6-7,13,16,18,22H,4-5,8-12,14-15H2,1-3H3. The molecule has 1 atom stereocenters. The molecule has 1 aromatic carbocycles. The average molecular weight is 408 g/mol. The van der Waals surface area contributed by atoms with Crippen molar-refractivity contribution in [3.05, 3.63) is 29.3 Å². The van der Waals surface area contributed by atoms with Crippen LogP contribution >= 0.6 is 0 Å². The van der Waals surface area contributed by atoms with Crippen LogP contribution in [0.3, 0.4) is 0 Å². The molecule has 6 nitrogen and oxygen atoms in total. The van der Waals surface area contributed by atoms with E-state index in [0.29, 0.717) is 17.2 Å². The van der Waals surface area contributed by atoms with E-state index in [0.717, 1.165) is 43.8 Å². The molecule has 0 aliphatic carbocycles. The van der Waals surface area contributed by atoms with Crippen LogP contribution in [-0.2, 0) is 10.0 Å². The summed E-state index contributed by atoms with van der Waals surface area (Å²) in [4.78, 5) is 17.5. The third-order valence-corrected chi connectivity index (χ3v) is 6.57. The summed E-state index contributed by atoms with van der Waals surface area (Å²) >= 11 is 0. The number of nitrogens with one attached hydrogen (secondary N) is 1. The number of aryl methyl sites for hydroxylation is 1. The van der Waals surface area contributed by atoms with Crippen LogP contribution in [0, 0.1) is 18.8 Å². The van der Waals surface area contributed by atoms with Gasteiger partial charge < -0.3 is 9.80 Å². The van der Waals surface area contributed by atoms with E-state index in [-0.39, 0.29) is 5.91 Å². The number of anilines is 1. The summed E-state index contributed by atoms with van der Waals surface area (Å²) in [5.41, 5.74) is 1.83. The third-order valence-electron chi connectivity index (χ3n) is 5.98. The normalized spacial score (nSPS) is 22.2. The van der Waals surface area contributed by atoms with E-state index in [9.17, 15) is 13.2 Å². The van der Waals surface area contributed by atoms with E-state index < -0.39 is 10.0 Å². The Labute approximate surface area is 169 Å². The van der Waals surface area contributed by atoms with Crippen molar-refractivity contribution in [1.82, 2.24) is 9.80 Å². The molecule has 0 bridgehead atoms. The molecular formula is C21H33N3O3S. The zero-order chi connectivity index (χ0) is 20.3. The highest BCUT2D eigenvalue weighted by Crippen LogP contribution is 2.24. The second kappa shape index (κ2) is 8.82. The summed E-state index contributed by atoms with van der Waals surface area (Å²) in [5, 5.41) is 0. The lowest BCUT2D eigenvalue weighted by atomic mass is 9.94. The summed E-state index contributed by atoms with van der Waals surface area (Å²) in [6.45, 7) is 9.13. The van der Waals surface area contributed by atoms with E-state index in [4.69, 9.17) is 0 Å². The van der Waals surface area contributed by atoms with Crippen molar-refractivity contribution in [3.63, 3.8) is 0 Å². The zero-order valence-electron chi connectivity index (χ0n) is 17.3. The smallest absolute Gasteiger partial charge is 0.253 e. The molecule has 2 fully saturated rings. The molecule has 0 spiro atoms. The molecule has 2 aliphatic rings. The van der Waals surface area contributed by atoms with Crippen LogP contribution < -0.4 is 4.72 Å². The molecule has 3 rings (SSSR count). The van der Waals surface area contributed by atoms with Gasteiger partial charge in [0, 0.05) is 25.2 Å². The first-order valence-corrected chi connectivity index (χ1v) is 12.2. The first kappa shape index (κ1) is 21.1. The molecule has 2 heterocycles. The van der Waals surface area contributed by atoms with Gasteiger partial charge in [0.2, 0.25) is 10.0 Å². The maximum absolute atomic E-state index is 13.0. The van der Waals surface area contributed by atoms with E-state index in [2.05, 4.69) is 16.5 Å². The predicted molar refractivity (Wildman–Crippen MR) is 113 cm³/mol. The Morgan fingerprint density at radius 1 is 1.18 bits per heavy atom. The molecule has 0 radical (unpaired) electrons. The Morgan fingerprint density at radius 3 is 2.57 bits per heavy atom. The van der Waals surface area contributed by atoms with Crippen molar-refractivity contribution in [2.75, 3.05) is 43.7 Å². The maximum atomic E-state index is 13.0. The third kappa shape index (κ3) is 5.70. The minimum Gasteiger partial charge on any atom is -0.338 e. The minimum absolute atomic E-state index is 0.00600.